The number of halogens is 1. The molecule has 3 rings (SSSR count). The molecular weight excluding hydrogens is 400 g/mol. The Morgan fingerprint density at radius 3 is 2.56 bits per heavy atom. The molecule has 0 spiro atoms. The van der Waals surface area contributed by atoms with Crippen molar-refractivity contribution in [3.63, 3.8) is 0 Å². The molecule has 0 radical (unpaired) electrons. The van der Waals surface area contributed by atoms with Crippen LogP contribution in [0.1, 0.15) is 27.2 Å². The Hall–Kier alpha value is -2.59. The molecule has 0 aliphatic carbocycles. The minimum absolute atomic E-state index is 0.0318. The lowest BCUT2D eigenvalue weighted by Gasteiger charge is -2.23. The maximum Gasteiger partial charge on any atom is 0.254 e. The van der Waals surface area contributed by atoms with Crippen LogP contribution in [0, 0.1) is 6.92 Å². The fourth-order valence-corrected chi connectivity index (χ4v) is 3.35. The number of hydrogen-bond acceptors (Lipinski definition) is 1. The second kappa shape index (κ2) is 8.87. The van der Waals surface area contributed by atoms with Crippen LogP contribution in [0.2, 0.25) is 0 Å². The highest BCUT2D eigenvalue weighted by Gasteiger charge is 2.18. The third-order valence-corrected chi connectivity index (χ3v) is 5.08. The van der Waals surface area contributed by atoms with Crippen LogP contribution in [0.5, 0.6) is 0 Å². The van der Waals surface area contributed by atoms with E-state index in [1.807, 2.05) is 54.3 Å². The lowest BCUT2D eigenvalue weighted by molar-refractivity contribution is 0.0758. The smallest absolute Gasteiger partial charge is 0.254 e. The number of carbonyl (C=O) groups is 1. The third-order valence-electron chi connectivity index (χ3n) is 4.55. The summed E-state index contributed by atoms with van der Waals surface area (Å²) in [6.45, 7) is 7.62. The maximum absolute atomic E-state index is 13.1. The Kier molecular flexibility index (Phi) is 6.30. The lowest BCUT2D eigenvalue weighted by Crippen LogP contribution is -2.32. The second-order valence-electron chi connectivity index (χ2n) is 6.54. The van der Waals surface area contributed by atoms with Crippen LogP contribution in [0.25, 0.3) is 0 Å². The molecule has 1 aromatic heterocycles. The maximum atomic E-state index is 13.1. The first-order chi connectivity index (χ1) is 13.1. The summed E-state index contributed by atoms with van der Waals surface area (Å²) < 4.78 is 3.25. The van der Waals surface area contributed by atoms with Gasteiger partial charge in [-0.05, 0) is 48.4 Å². The summed E-state index contributed by atoms with van der Waals surface area (Å²) in [5.74, 6) is 0.0318. The zero-order valence-corrected chi connectivity index (χ0v) is 17.0. The molecule has 0 saturated heterocycles. The van der Waals surface area contributed by atoms with Gasteiger partial charge in [0.2, 0.25) is 0 Å². The predicted molar refractivity (Wildman–Crippen MR) is 114 cm³/mol. The predicted octanol–water partition coefficient (Wildman–Crippen LogP) is 5.44. The molecule has 3 aromatic rings. The van der Waals surface area contributed by atoms with Gasteiger partial charge in [-0.1, -0.05) is 52.3 Å². The lowest BCUT2D eigenvalue weighted by atomic mass is 10.1. The third kappa shape index (κ3) is 4.77. The van der Waals surface area contributed by atoms with Crippen molar-refractivity contribution in [3.8, 4) is 0 Å². The molecule has 138 valence electrons. The highest BCUT2D eigenvalue weighted by molar-refractivity contribution is 9.10. The van der Waals surface area contributed by atoms with Crippen molar-refractivity contribution < 1.29 is 4.79 Å². The summed E-state index contributed by atoms with van der Waals surface area (Å²) >= 11 is 3.47. The molecule has 0 fully saturated rings. The monoisotopic (exact) mass is 422 g/mol. The van der Waals surface area contributed by atoms with Gasteiger partial charge in [0, 0.05) is 35.0 Å². The minimum atomic E-state index is 0.0318. The van der Waals surface area contributed by atoms with Gasteiger partial charge in [-0.25, -0.2) is 0 Å². The minimum Gasteiger partial charge on any atom is -0.345 e. The zero-order valence-electron chi connectivity index (χ0n) is 15.4. The largest absolute Gasteiger partial charge is 0.345 e. The first-order valence-corrected chi connectivity index (χ1v) is 9.72. The van der Waals surface area contributed by atoms with E-state index < -0.39 is 0 Å². The van der Waals surface area contributed by atoms with Crippen molar-refractivity contribution in [2.24, 2.45) is 0 Å². The standard InChI is InChI=1S/C23H23BrN2O/c1-3-14-26(23(27)22-9-5-4-7-18(22)2)17-21-8-6-15-25(21)16-19-10-12-20(24)13-11-19/h3-13,15H,1,14,16-17H2,2H3. The summed E-state index contributed by atoms with van der Waals surface area (Å²) in [6, 6.07) is 20.1. The van der Waals surface area contributed by atoms with Crippen molar-refractivity contribution in [1.29, 1.82) is 0 Å². The highest BCUT2D eigenvalue weighted by atomic mass is 79.9. The molecular formula is C23H23BrN2O. The Morgan fingerprint density at radius 2 is 1.85 bits per heavy atom. The molecule has 0 saturated carbocycles. The number of rotatable bonds is 7. The van der Waals surface area contributed by atoms with Crippen LogP contribution in [0.3, 0.4) is 0 Å². The fraction of sp³-hybridized carbons (Fsp3) is 0.174. The molecule has 0 bridgehead atoms. The number of hydrogen-bond donors (Lipinski definition) is 0. The van der Waals surface area contributed by atoms with Crippen LogP contribution >= 0.6 is 15.9 Å². The fourth-order valence-electron chi connectivity index (χ4n) is 3.09. The van der Waals surface area contributed by atoms with Crippen LogP contribution in [0.4, 0.5) is 0 Å². The molecule has 0 aliphatic heterocycles. The van der Waals surface area contributed by atoms with Crippen LogP contribution < -0.4 is 0 Å². The Morgan fingerprint density at radius 1 is 1.11 bits per heavy atom. The van der Waals surface area contributed by atoms with E-state index in [9.17, 15) is 4.79 Å². The summed E-state index contributed by atoms with van der Waals surface area (Å²) in [5.41, 5.74) is 4.05. The summed E-state index contributed by atoms with van der Waals surface area (Å²) in [6.07, 6.45) is 3.83. The molecule has 27 heavy (non-hydrogen) atoms. The first-order valence-electron chi connectivity index (χ1n) is 8.92. The highest BCUT2D eigenvalue weighted by Crippen LogP contribution is 2.16. The van der Waals surface area contributed by atoms with E-state index in [1.165, 1.54) is 5.56 Å². The van der Waals surface area contributed by atoms with Crippen LogP contribution in [-0.4, -0.2) is 21.9 Å². The number of benzene rings is 2. The van der Waals surface area contributed by atoms with Crippen molar-refractivity contribution in [2.75, 3.05) is 6.54 Å². The van der Waals surface area contributed by atoms with Gasteiger partial charge in [0.05, 0.1) is 6.54 Å². The van der Waals surface area contributed by atoms with E-state index in [1.54, 1.807) is 6.08 Å². The van der Waals surface area contributed by atoms with E-state index in [4.69, 9.17) is 0 Å². The zero-order chi connectivity index (χ0) is 19.2. The van der Waals surface area contributed by atoms with Gasteiger partial charge in [-0.2, -0.15) is 0 Å². The van der Waals surface area contributed by atoms with Crippen molar-refractivity contribution in [1.82, 2.24) is 9.47 Å². The van der Waals surface area contributed by atoms with Gasteiger partial charge in [0.25, 0.3) is 5.91 Å². The molecule has 0 aliphatic rings. The molecule has 0 atom stereocenters. The average molecular weight is 423 g/mol. The van der Waals surface area contributed by atoms with Crippen molar-refractivity contribution in [3.05, 3.63) is 106 Å². The Labute approximate surface area is 169 Å². The molecule has 1 amide bonds. The normalized spacial score (nSPS) is 10.6. The molecule has 0 N–H and O–H groups in total. The molecule has 1 heterocycles. The summed E-state index contributed by atoms with van der Waals surface area (Å²) in [4.78, 5) is 14.9. The van der Waals surface area contributed by atoms with Gasteiger partial charge < -0.3 is 9.47 Å². The van der Waals surface area contributed by atoms with E-state index in [0.717, 1.165) is 27.8 Å². The van der Waals surface area contributed by atoms with E-state index >= 15 is 0 Å². The number of aryl methyl sites for hydroxylation is 1. The number of amides is 1. The van der Waals surface area contributed by atoms with Gasteiger partial charge in [0.15, 0.2) is 0 Å². The number of carbonyl (C=O) groups excluding carboxylic acids is 1. The summed E-state index contributed by atoms with van der Waals surface area (Å²) in [5, 5.41) is 0. The van der Waals surface area contributed by atoms with Gasteiger partial charge >= 0.3 is 0 Å². The van der Waals surface area contributed by atoms with Gasteiger partial charge in [-0.15, -0.1) is 6.58 Å². The molecule has 0 unspecified atom stereocenters. The SMILES string of the molecule is C=CCN(Cc1cccn1Cc1ccc(Br)cc1)C(=O)c1ccccc1C. The molecule has 4 heteroatoms. The quantitative estimate of drug-likeness (QED) is 0.465. The van der Waals surface area contributed by atoms with Crippen LogP contribution in [-0.2, 0) is 13.1 Å². The van der Waals surface area contributed by atoms with E-state index in [2.05, 4.69) is 51.5 Å². The topological polar surface area (TPSA) is 25.2 Å². The number of aromatic nitrogens is 1. The Balaban J connectivity index is 1.80. The van der Waals surface area contributed by atoms with Crippen LogP contribution in [0.15, 0.2) is 84.0 Å². The Bertz CT molecular complexity index is 928. The van der Waals surface area contributed by atoms with E-state index in [-0.39, 0.29) is 5.91 Å². The summed E-state index contributed by atoms with van der Waals surface area (Å²) in [7, 11) is 0. The number of nitrogens with zero attached hydrogens (tertiary/aromatic N) is 2. The second-order valence-corrected chi connectivity index (χ2v) is 7.46. The van der Waals surface area contributed by atoms with E-state index in [0.29, 0.717) is 13.1 Å². The molecule has 2 aromatic carbocycles. The first kappa shape index (κ1) is 19.2. The van der Waals surface area contributed by atoms with Gasteiger partial charge in [-0.3, -0.25) is 4.79 Å². The van der Waals surface area contributed by atoms with Gasteiger partial charge in [0.1, 0.15) is 0 Å². The average Bonchev–Trinajstić information content (AvgIpc) is 3.10. The van der Waals surface area contributed by atoms with Crippen molar-refractivity contribution >= 4 is 21.8 Å². The molecule has 3 nitrogen and oxygen atoms in total. The van der Waals surface area contributed by atoms with Crippen molar-refractivity contribution in [2.45, 2.75) is 20.0 Å².